The van der Waals surface area contributed by atoms with E-state index in [0.717, 1.165) is 38.0 Å². The number of aromatic nitrogens is 2. The van der Waals surface area contributed by atoms with E-state index in [1.54, 1.807) is 12.1 Å². The van der Waals surface area contributed by atoms with Gasteiger partial charge >= 0.3 is 6.61 Å². The molecular formula is C25H18F2N2OS. The largest absolute Gasteiger partial charge is 0.434 e. The third-order valence-corrected chi connectivity index (χ3v) is 6.06. The average molecular weight is 432 g/mol. The first-order valence-corrected chi connectivity index (χ1v) is 10.6. The Hall–Kier alpha value is -3.51. The number of rotatable bonds is 5. The summed E-state index contributed by atoms with van der Waals surface area (Å²) in [6.07, 6.45) is 0. The van der Waals surface area contributed by atoms with Gasteiger partial charge in [-0.3, -0.25) is 4.40 Å². The van der Waals surface area contributed by atoms with Gasteiger partial charge in [-0.25, -0.2) is 4.98 Å². The number of thiazole rings is 1. The highest BCUT2D eigenvalue weighted by Gasteiger charge is 2.24. The molecule has 3 nitrogen and oxygen atoms in total. The quantitative estimate of drug-likeness (QED) is 0.291. The van der Waals surface area contributed by atoms with E-state index in [1.807, 2.05) is 79.7 Å². The van der Waals surface area contributed by atoms with Crippen molar-refractivity contribution < 1.29 is 13.5 Å². The number of hydrogen-bond donors (Lipinski definition) is 0. The zero-order valence-corrected chi connectivity index (χ0v) is 17.4. The smallest absolute Gasteiger partial charge is 0.387 e. The number of ether oxygens (including phenoxy) is 1. The topological polar surface area (TPSA) is 26.5 Å². The summed E-state index contributed by atoms with van der Waals surface area (Å²) in [5, 5.41) is 0. The predicted molar refractivity (Wildman–Crippen MR) is 121 cm³/mol. The van der Waals surface area contributed by atoms with Crippen molar-refractivity contribution in [2.75, 3.05) is 0 Å². The van der Waals surface area contributed by atoms with E-state index in [-0.39, 0.29) is 5.75 Å². The van der Waals surface area contributed by atoms with Crippen molar-refractivity contribution in [3.05, 3.63) is 89.8 Å². The van der Waals surface area contributed by atoms with Crippen molar-refractivity contribution in [2.24, 2.45) is 0 Å². The van der Waals surface area contributed by atoms with Crippen molar-refractivity contribution in [3.63, 3.8) is 0 Å². The van der Waals surface area contributed by atoms with Gasteiger partial charge in [0, 0.05) is 21.6 Å². The Balaban J connectivity index is 1.85. The molecule has 2 aromatic heterocycles. The molecule has 0 saturated carbocycles. The summed E-state index contributed by atoms with van der Waals surface area (Å²) in [7, 11) is 0. The molecule has 0 unspecified atom stereocenters. The first kappa shape index (κ1) is 19.5. The second kappa shape index (κ2) is 7.96. The van der Waals surface area contributed by atoms with Crippen molar-refractivity contribution in [3.8, 4) is 39.5 Å². The van der Waals surface area contributed by atoms with Crippen LogP contribution < -0.4 is 4.74 Å². The van der Waals surface area contributed by atoms with E-state index in [0.29, 0.717) is 5.56 Å². The Labute approximate surface area is 182 Å². The van der Waals surface area contributed by atoms with E-state index in [1.165, 1.54) is 11.3 Å². The van der Waals surface area contributed by atoms with Gasteiger partial charge in [0.2, 0.25) is 0 Å². The molecule has 0 bridgehead atoms. The summed E-state index contributed by atoms with van der Waals surface area (Å²) in [5.41, 5.74) is 5.20. The highest BCUT2D eigenvalue weighted by Crippen LogP contribution is 2.43. The molecule has 3 aromatic carbocycles. The third kappa shape index (κ3) is 3.49. The number of benzene rings is 3. The lowest BCUT2D eigenvalue weighted by atomic mass is 10.0. The van der Waals surface area contributed by atoms with Crippen LogP contribution >= 0.6 is 11.3 Å². The number of para-hydroxylation sites is 1. The van der Waals surface area contributed by atoms with Crippen molar-refractivity contribution in [2.45, 2.75) is 13.5 Å². The maximum atomic E-state index is 13.1. The SMILES string of the molecule is Cc1sc2nc(-c3ccccc3)c(-c3ccccc3)n2c1-c1ccccc1OC(F)F. The molecule has 0 amide bonds. The van der Waals surface area contributed by atoms with Gasteiger partial charge in [0.1, 0.15) is 5.75 Å². The fourth-order valence-corrected chi connectivity index (χ4v) is 4.83. The normalized spacial score (nSPS) is 11.4. The van der Waals surface area contributed by atoms with Crippen LogP contribution in [0, 0.1) is 6.92 Å². The third-order valence-electron chi connectivity index (χ3n) is 5.10. The zero-order valence-electron chi connectivity index (χ0n) is 16.6. The van der Waals surface area contributed by atoms with Gasteiger partial charge in [-0.2, -0.15) is 8.78 Å². The lowest BCUT2D eigenvalue weighted by Crippen LogP contribution is -2.04. The Kier molecular flexibility index (Phi) is 5.00. The fraction of sp³-hybridized carbons (Fsp3) is 0.0800. The first-order chi connectivity index (χ1) is 15.1. The van der Waals surface area contributed by atoms with Crippen LogP contribution in [0.15, 0.2) is 84.9 Å². The first-order valence-electron chi connectivity index (χ1n) is 9.80. The monoisotopic (exact) mass is 432 g/mol. The summed E-state index contributed by atoms with van der Waals surface area (Å²) in [6.45, 7) is -0.919. The minimum Gasteiger partial charge on any atom is -0.434 e. The van der Waals surface area contributed by atoms with E-state index >= 15 is 0 Å². The number of halogens is 2. The number of hydrogen-bond acceptors (Lipinski definition) is 3. The standard InChI is InChI=1S/C25H18F2N2OS/c1-16-22(19-14-8-9-15-20(19)30-24(26)27)29-23(18-12-6-3-7-13-18)21(28-25(29)31-16)17-10-4-2-5-11-17/h2-15,24H,1H3. The summed E-state index contributed by atoms with van der Waals surface area (Å²) in [4.78, 5) is 6.73. The Morgan fingerprint density at radius 1 is 0.806 bits per heavy atom. The molecule has 0 aliphatic rings. The van der Waals surface area contributed by atoms with Crippen LogP contribution in [0.4, 0.5) is 8.78 Å². The second-order valence-corrected chi connectivity index (χ2v) is 8.22. The number of nitrogens with zero attached hydrogens (tertiary/aromatic N) is 2. The van der Waals surface area contributed by atoms with Crippen molar-refractivity contribution >= 4 is 16.3 Å². The Morgan fingerprint density at radius 2 is 1.42 bits per heavy atom. The lowest BCUT2D eigenvalue weighted by Gasteiger charge is -2.13. The highest BCUT2D eigenvalue weighted by atomic mass is 32.1. The van der Waals surface area contributed by atoms with Crippen molar-refractivity contribution in [1.82, 2.24) is 9.38 Å². The number of alkyl halides is 2. The van der Waals surface area contributed by atoms with E-state index in [4.69, 9.17) is 9.72 Å². The molecule has 31 heavy (non-hydrogen) atoms. The van der Waals surface area contributed by atoms with Crippen molar-refractivity contribution in [1.29, 1.82) is 0 Å². The predicted octanol–water partition coefficient (Wildman–Crippen LogP) is 7.31. The highest BCUT2D eigenvalue weighted by molar-refractivity contribution is 7.17. The summed E-state index contributed by atoms with van der Waals surface area (Å²) < 4.78 is 33.1. The van der Waals surface area contributed by atoms with Gasteiger partial charge in [0.25, 0.3) is 0 Å². The van der Waals surface area contributed by atoms with E-state index in [9.17, 15) is 8.78 Å². The molecular weight excluding hydrogens is 414 g/mol. The molecule has 0 aliphatic carbocycles. The molecule has 5 aromatic rings. The van der Waals surface area contributed by atoms with Gasteiger partial charge in [-0.05, 0) is 19.1 Å². The van der Waals surface area contributed by atoms with Crippen LogP contribution in [0.25, 0.3) is 38.7 Å². The minimum atomic E-state index is -2.90. The second-order valence-electron chi connectivity index (χ2n) is 7.04. The maximum Gasteiger partial charge on any atom is 0.387 e. The average Bonchev–Trinajstić information content (AvgIpc) is 3.29. The number of fused-ring (bicyclic) bond motifs is 1. The van der Waals surface area contributed by atoms with Gasteiger partial charge < -0.3 is 4.74 Å². The van der Waals surface area contributed by atoms with Gasteiger partial charge in [-0.15, -0.1) is 11.3 Å². The van der Waals surface area contributed by atoms with Gasteiger partial charge in [0.15, 0.2) is 4.96 Å². The van der Waals surface area contributed by atoms with Gasteiger partial charge in [-0.1, -0.05) is 72.8 Å². The molecule has 0 radical (unpaired) electrons. The molecule has 0 atom stereocenters. The van der Waals surface area contributed by atoms with E-state index in [2.05, 4.69) is 4.40 Å². The molecule has 5 rings (SSSR count). The van der Waals surface area contributed by atoms with Crippen LogP contribution in [0.1, 0.15) is 4.88 Å². The Bertz CT molecular complexity index is 1340. The fourth-order valence-electron chi connectivity index (χ4n) is 3.85. The molecule has 0 fully saturated rings. The van der Waals surface area contributed by atoms with Crippen LogP contribution in [0.2, 0.25) is 0 Å². The maximum absolute atomic E-state index is 13.1. The summed E-state index contributed by atoms with van der Waals surface area (Å²) in [6, 6.07) is 26.9. The molecule has 2 heterocycles. The number of imidazole rings is 1. The lowest BCUT2D eigenvalue weighted by molar-refractivity contribution is -0.0494. The number of aryl methyl sites for hydroxylation is 1. The molecule has 0 aliphatic heterocycles. The van der Waals surface area contributed by atoms with E-state index < -0.39 is 6.61 Å². The molecule has 0 N–H and O–H groups in total. The van der Waals surface area contributed by atoms with Crippen LogP contribution in [-0.2, 0) is 0 Å². The molecule has 0 saturated heterocycles. The van der Waals surface area contributed by atoms with Crippen LogP contribution in [-0.4, -0.2) is 16.0 Å². The summed E-state index contributed by atoms with van der Waals surface area (Å²) in [5.74, 6) is 0.147. The van der Waals surface area contributed by atoms with Crippen LogP contribution in [0.5, 0.6) is 5.75 Å². The molecule has 154 valence electrons. The van der Waals surface area contributed by atoms with Crippen LogP contribution in [0.3, 0.4) is 0 Å². The molecule has 0 spiro atoms. The Morgan fingerprint density at radius 3 is 2.10 bits per heavy atom. The zero-order chi connectivity index (χ0) is 21.4. The van der Waals surface area contributed by atoms with Gasteiger partial charge in [0.05, 0.1) is 17.1 Å². The molecule has 6 heteroatoms. The minimum absolute atomic E-state index is 0.147. The summed E-state index contributed by atoms with van der Waals surface area (Å²) >= 11 is 1.53.